The third-order valence-electron chi connectivity index (χ3n) is 3.01. The fourth-order valence-corrected chi connectivity index (χ4v) is 1.82. The molecule has 0 unspecified atom stereocenters. The summed E-state index contributed by atoms with van der Waals surface area (Å²) >= 11 is 0. The summed E-state index contributed by atoms with van der Waals surface area (Å²) in [6.45, 7) is 1.86. The highest BCUT2D eigenvalue weighted by atomic mass is 16.3. The number of carbonyl (C=O) groups is 1. The third-order valence-corrected chi connectivity index (χ3v) is 3.01. The quantitative estimate of drug-likeness (QED) is 0.634. The molecule has 0 bridgehead atoms. The van der Waals surface area contributed by atoms with Gasteiger partial charge in [-0.3, -0.25) is 9.78 Å². The van der Waals surface area contributed by atoms with E-state index in [1.54, 1.807) is 24.4 Å². The Morgan fingerprint density at radius 2 is 2.05 bits per heavy atom. The van der Waals surface area contributed by atoms with Gasteiger partial charge >= 0.3 is 0 Å². The van der Waals surface area contributed by atoms with Crippen LogP contribution in [0.25, 0.3) is 0 Å². The lowest BCUT2D eigenvalue weighted by Crippen LogP contribution is -2.37. The Morgan fingerprint density at radius 1 is 1.29 bits per heavy atom. The maximum atomic E-state index is 12.0. The molecule has 0 spiro atoms. The van der Waals surface area contributed by atoms with Crippen molar-refractivity contribution >= 4 is 11.6 Å². The molecule has 6 nitrogen and oxygen atoms in total. The Hall–Kier alpha value is -2.60. The number of aromatic hydroxyl groups is 2. The Bertz CT molecular complexity index is 641. The standard InChI is InChI=1S/C15H17N3O3/c1-9-2-4-11(8-17-9)18-15(21)12(16)6-10-3-5-13(19)14(20)7-10/h2-5,7-8,12,19-20H,6,16H2,1H3,(H,18,21)/t12-/m0/s1. The van der Waals surface area contributed by atoms with Crippen LogP contribution in [0.4, 0.5) is 5.69 Å². The molecular weight excluding hydrogens is 270 g/mol. The molecule has 1 aromatic heterocycles. The number of carbonyl (C=O) groups excluding carboxylic acids is 1. The number of anilines is 1. The van der Waals surface area contributed by atoms with E-state index in [1.807, 2.05) is 6.92 Å². The summed E-state index contributed by atoms with van der Waals surface area (Å²) in [6, 6.07) is 7.12. The van der Waals surface area contributed by atoms with Crippen molar-refractivity contribution in [3.05, 3.63) is 47.8 Å². The van der Waals surface area contributed by atoms with Crippen LogP contribution in [0.2, 0.25) is 0 Å². The van der Waals surface area contributed by atoms with Crippen molar-refractivity contribution in [3.8, 4) is 11.5 Å². The SMILES string of the molecule is Cc1ccc(NC(=O)[C@@H](N)Cc2ccc(O)c(O)c2)cn1. The molecule has 6 heteroatoms. The molecule has 5 N–H and O–H groups in total. The monoisotopic (exact) mass is 287 g/mol. The topological polar surface area (TPSA) is 108 Å². The van der Waals surface area contributed by atoms with Crippen LogP contribution in [0.5, 0.6) is 11.5 Å². The molecule has 0 aliphatic heterocycles. The number of rotatable bonds is 4. The lowest BCUT2D eigenvalue weighted by Gasteiger charge is -2.12. The van der Waals surface area contributed by atoms with Crippen LogP contribution >= 0.6 is 0 Å². The van der Waals surface area contributed by atoms with Crippen LogP contribution < -0.4 is 11.1 Å². The zero-order valence-electron chi connectivity index (χ0n) is 11.6. The minimum Gasteiger partial charge on any atom is -0.504 e. The lowest BCUT2D eigenvalue weighted by molar-refractivity contribution is -0.117. The molecule has 1 aromatic carbocycles. The minimum absolute atomic E-state index is 0.206. The summed E-state index contributed by atoms with van der Waals surface area (Å²) in [4.78, 5) is 16.1. The van der Waals surface area contributed by atoms with Crippen LogP contribution in [0, 0.1) is 6.92 Å². The smallest absolute Gasteiger partial charge is 0.241 e. The first-order valence-corrected chi connectivity index (χ1v) is 6.45. The summed E-state index contributed by atoms with van der Waals surface area (Å²) < 4.78 is 0. The van der Waals surface area contributed by atoms with Gasteiger partial charge in [0.1, 0.15) is 0 Å². The van der Waals surface area contributed by atoms with Gasteiger partial charge in [-0.1, -0.05) is 6.07 Å². The van der Waals surface area contributed by atoms with E-state index in [4.69, 9.17) is 5.73 Å². The van der Waals surface area contributed by atoms with Gasteiger partial charge in [0.25, 0.3) is 0 Å². The average molecular weight is 287 g/mol. The second kappa shape index (κ2) is 6.23. The van der Waals surface area contributed by atoms with Crippen molar-refractivity contribution in [2.45, 2.75) is 19.4 Å². The lowest BCUT2D eigenvalue weighted by atomic mass is 10.1. The number of nitrogens with two attached hydrogens (primary N) is 1. The number of amides is 1. The number of aryl methyl sites for hydroxylation is 1. The van der Waals surface area contributed by atoms with Crippen molar-refractivity contribution in [2.75, 3.05) is 5.32 Å². The molecule has 0 saturated carbocycles. The number of pyridine rings is 1. The molecule has 0 aliphatic carbocycles. The van der Waals surface area contributed by atoms with Gasteiger partial charge in [0.15, 0.2) is 11.5 Å². The molecule has 2 aromatic rings. The number of nitrogens with zero attached hydrogens (tertiary/aromatic N) is 1. The van der Waals surface area contributed by atoms with Gasteiger partial charge in [-0.2, -0.15) is 0 Å². The molecule has 1 atom stereocenters. The van der Waals surface area contributed by atoms with Crippen LogP contribution in [-0.2, 0) is 11.2 Å². The van der Waals surface area contributed by atoms with Gasteiger partial charge in [0.2, 0.25) is 5.91 Å². The molecule has 21 heavy (non-hydrogen) atoms. The first kappa shape index (κ1) is 14.8. The summed E-state index contributed by atoms with van der Waals surface area (Å²) in [6.07, 6.45) is 1.81. The Morgan fingerprint density at radius 3 is 2.67 bits per heavy atom. The maximum Gasteiger partial charge on any atom is 0.241 e. The summed E-state index contributed by atoms with van der Waals surface area (Å²) in [7, 11) is 0. The van der Waals surface area contributed by atoms with Gasteiger partial charge in [-0.05, 0) is 43.2 Å². The first-order valence-electron chi connectivity index (χ1n) is 6.45. The number of phenolic OH excluding ortho intramolecular Hbond substituents is 2. The molecule has 1 amide bonds. The average Bonchev–Trinajstić information content (AvgIpc) is 2.45. The van der Waals surface area contributed by atoms with Crippen molar-refractivity contribution in [2.24, 2.45) is 5.73 Å². The molecule has 0 fully saturated rings. The second-order valence-corrected chi connectivity index (χ2v) is 4.81. The molecule has 110 valence electrons. The van der Waals surface area contributed by atoms with E-state index < -0.39 is 6.04 Å². The Labute approximate surface area is 122 Å². The predicted molar refractivity (Wildman–Crippen MR) is 79.1 cm³/mol. The van der Waals surface area contributed by atoms with E-state index in [1.165, 1.54) is 12.1 Å². The van der Waals surface area contributed by atoms with Crippen LogP contribution in [0.1, 0.15) is 11.3 Å². The second-order valence-electron chi connectivity index (χ2n) is 4.81. The Balaban J connectivity index is 1.98. The summed E-state index contributed by atoms with van der Waals surface area (Å²) in [5.74, 6) is -0.779. The zero-order chi connectivity index (χ0) is 15.4. The maximum absolute atomic E-state index is 12.0. The fourth-order valence-electron chi connectivity index (χ4n) is 1.82. The van der Waals surface area contributed by atoms with E-state index >= 15 is 0 Å². The largest absolute Gasteiger partial charge is 0.504 e. The first-order chi connectivity index (χ1) is 9.95. The van der Waals surface area contributed by atoms with E-state index in [0.29, 0.717) is 11.3 Å². The number of benzene rings is 1. The third kappa shape index (κ3) is 3.93. The molecule has 0 saturated heterocycles. The van der Waals surface area contributed by atoms with Crippen molar-refractivity contribution < 1.29 is 15.0 Å². The normalized spacial score (nSPS) is 11.9. The molecule has 1 heterocycles. The minimum atomic E-state index is -0.768. The van der Waals surface area contributed by atoms with Gasteiger partial charge in [0.05, 0.1) is 17.9 Å². The van der Waals surface area contributed by atoms with E-state index in [9.17, 15) is 15.0 Å². The number of aromatic nitrogens is 1. The fraction of sp³-hybridized carbons (Fsp3) is 0.200. The van der Waals surface area contributed by atoms with Crippen molar-refractivity contribution in [1.29, 1.82) is 0 Å². The highest BCUT2D eigenvalue weighted by molar-refractivity contribution is 5.94. The highest BCUT2D eigenvalue weighted by Crippen LogP contribution is 2.25. The zero-order valence-corrected chi connectivity index (χ0v) is 11.6. The molecule has 2 rings (SSSR count). The summed E-state index contributed by atoms with van der Waals surface area (Å²) in [5.41, 5.74) is 7.94. The molecular formula is C15H17N3O3. The van der Waals surface area contributed by atoms with E-state index in [-0.39, 0.29) is 23.8 Å². The van der Waals surface area contributed by atoms with Crippen LogP contribution in [-0.4, -0.2) is 27.1 Å². The van der Waals surface area contributed by atoms with Crippen molar-refractivity contribution in [3.63, 3.8) is 0 Å². The number of hydrogen-bond acceptors (Lipinski definition) is 5. The van der Waals surface area contributed by atoms with Gasteiger partial charge in [-0.25, -0.2) is 0 Å². The van der Waals surface area contributed by atoms with Crippen molar-refractivity contribution in [1.82, 2.24) is 4.98 Å². The molecule has 0 radical (unpaired) electrons. The molecule has 0 aliphatic rings. The summed E-state index contributed by atoms with van der Waals surface area (Å²) in [5, 5.41) is 21.3. The van der Waals surface area contributed by atoms with Crippen LogP contribution in [0.3, 0.4) is 0 Å². The van der Waals surface area contributed by atoms with E-state index in [2.05, 4.69) is 10.3 Å². The number of hydrogen-bond donors (Lipinski definition) is 4. The van der Waals surface area contributed by atoms with Crippen LogP contribution in [0.15, 0.2) is 36.5 Å². The highest BCUT2D eigenvalue weighted by Gasteiger charge is 2.15. The number of nitrogens with one attached hydrogen (secondary N) is 1. The van der Waals surface area contributed by atoms with Gasteiger partial charge in [0, 0.05) is 5.69 Å². The predicted octanol–water partition coefficient (Wildman–Crippen LogP) is 1.31. The van der Waals surface area contributed by atoms with Gasteiger partial charge < -0.3 is 21.3 Å². The number of phenols is 2. The van der Waals surface area contributed by atoms with Gasteiger partial charge in [-0.15, -0.1) is 0 Å². The Kier molecular flexibility index (Phi) is 4.39. The van der Waals surface area contributed by atoms with E-state index in [0.717, 1.165) is 5.69 Å².